The maximum Gasteiger partial charge on any atom is 0.184 e. The SMILES string of the molecule is N=C=NNC(N)=S. The van der Waals surface area contributed by atoms with Gasteiger partial charge in [0.05, 0.1) is 0 Å². The second-order valence-corrected chi connectivity index (χ2v) is 1.14. The zero-order valence-electron chi connectivity index (χ0n) is 3.43. The second kappa shape index (κ2) is 3.27. The molecular weight excluding hydrogens is 112 g/mol. The third-order valence-electron chi connectivity index (χ3n) is 0.222. The van der Waals surface area contributed by atoms with Crippen molar-refractivity contribution in [3.05, 3.63) is 0 Å². The Morgan fingerprint density at radius 3 is 2.71 bits per heavy atom. The van der Waals surface area contributed by atoms with Gasteiger partial charge in [-0.1, -0.05) is 0 Å². The van der Waals surface area contributed by atoms with Crippen molar-refractivity contribution in [1.29, 1.82) is 5.41 Å². The van der Waals surface area contributed by atoms with Crippen LogP contribution in [0.3, 0.4) is 0 Å². The highest BCUT2D eigenvalue weighted by Gasteiger charge is 1.73. The number of rotatable bonds is 1. The molecule has 0 heterocycles. The van der Waals surface area contributed by atoms with E-state index in [-0.39, 0.29) is 5.11 Å². The summed E-state index contributed by atoms with van der Waals surface area (Å²) in [7, 11) is 0. The predicted molar refractivity (Wildman–Crippen MR) is 30.1 cm³/mol. The highest BCUT2D eigenvalue weighted by Crippen LogP contribution is 1.52. The zero-order chi connectivity index (χ0) is 5.70. The molecule has 0 aliphatic carbocycles. The molecule has 0 aromatic rings. The molecule has 0 saturated heterocycles. The number of hydrazone groups is 1. The van der Waals surface area contributed by atoms with Gasteiger partial charge in [0.1, 0.15) is 6.01 Å². The Morgan fingerprint density at radius 2 is 2.57 bits per heavy atom. The molecule has 0 rings (SSSR count). The first-order valence-electron chi connectivity index (χ1n) is 1.44. The van der Waals surface area contributed by atoms with Crippen LogP contribution in [0.1, 0.15) is 0 Å². The number of hydrogen-bond acceptors (Lipinski definition) is 3. The quantitative estimate of drug-likeness (QED) is 0.245. The summed E-state index contributed by atoms with van der Waals surface area (Å²) in [6, 6.07) is 1.70. The molecule has 0 spiro atoms. The van der Waals surface area contributed by atoms with E-state index in [0.29, 0.717) is 0 Å². The topological polar surface area (TPSA) is 74.3 Å². The largest absolute Gasteiger partial charge is 0.375 e. The first-order valence-corrected chi connectivity index (χ1v) is 1.85. The Morgan fingerprint density at radius 1 is 2.00 bits per heavy atom. The highest BCUT2D eigenvalue weighted by molar-refractivity contribution is 7.80. The van der Waals surface area contributed by atoms with Gasteiger partial charge in [0.25, 0.3) is 0 Å². The van der Waals surface area contributed by atoms with Gasteiger partial charge in [-0.25, -0.2) is 10.8 Å². The third-order valence-corrected chi connectivity index (χ3v) is 0.313. The van der Waals surface area contributed by atoms with Gasteiger partial charge in [-0.05, 0) is 12.2 Å². The molecule has 0 aromatic heterocycles. The van der Waals surface area contributed by atoms with Crippen LogP contribution in [0.15, 0.2) is 5.10 Å². The summed E-state index contributed by atoms with van der Waals surface area (Å²) in [5, 5.41) is 9.31. The lowest BCUT2D eigenvalue weighted by atomic mass is 11.2. The van der Waals surface area contributed by atoms with Crippen molar-refractivity contribution >= 4 is 23.3 Å². The van der Waals surface area contributed by atoms with Crippen molar-refractivity contribution in [2.45, 2.75) is 0 Å². The minimum atomic E-state index is 0.0414. The average molecular weight is 116 g/mol. The standard InChI is InChI=1S/C2H4N4S/c3-1-5-6-2(4)7/h3H,(H3,4,6,7). The van der Waals surface area contributed by atoms with Gasteiger partial charge in [0, 0.05) is 0 Å². The molecule has 0 radical (unpaired) electrons. The van der Waals surface area contributed by atoms with E-state index in [9.17, 15) is 0 Å². The first-order chi connectivity index (χ1) is 3.27. The Bertz CT molecular complexity index is 113. The minimum Gasteiger partial charge on any atom is -0.375 e. The molecule has 0 aromatic carbocycles. The van der Waals surface area contributed by atoms with E-state index < -0.39 is 0 Å². The van der Waals surface area contributed by atoms with Crippen LogP contribution < -0.4 is 11.2 Å². The third kappa shape index (κ3) is 5.07. The molecule has 5 heteroatoms. The Kier molecular flexibility index (Phi) is 2.83. The monoisotopic (exact) mass is 116 g/mol. The summed E-state index contributed by atoms with van der Waals surface area (Å²) in [5.74, 6) is 0. The van der Waals surface area contributed by atoms with Crippen LogP contribution in [-0.2, 0) is 0 Å². The molecule has 0 atom stereocenters. The molecule has 0 aliphatic rings. The van der Waals surface area contributed by atoms with Gasteiger partial charge >= 0.3 is 0 Å². The maximum atomic E-state index is 6.20. The van der Waals surface area contributed by atoms with Crippen LogP contribution in [0.5, 0.6) is 0 Å². The summed E-state index contributed by atoms with van der Waals surface area (Å²) < 4.78 is 0. The fourth-order valence-corrected chi connectivity index (χ4v) is 0.129. The van der Waals surface area contributed by atoms with Gasteiger partial charge < -0.3 is 5.73 Å². The van der Waals surface area contributed by atoms with Crippen LogP contribution in [-0.4, -0.2) is 11.1 Å². The molecule has 4 N–H and O–H groups in total. The van der Waals surface area contributed by atoms with Gasteiger partial charge in [0.15, 0.2) is 5.11 Å². The summed E-state index contributed by atoms with van der Waals surface area (Å²) in [4.78, 5) is 0. The van der Waals surface area contributed by atoms with Crippen LogP contribution in [0.25, 0.3) is 0 Å². The lowest BCUT2D eigenvalue weighted by molar-refractivity contribution is 1.04. The van der Waals surface area contributed by atoms with E-state index in [1.165, 1.54) is 0 Å². The fourth-order valence-electron chi connectivity index (χ4n) is 0.0830. The van der Waals surface area contributed by atoms with Gasteiger partial charge in [-0.15, -0.1) is 5.10 Å². The van der Waals surface area contributed by atoms with Crippen molar-refractivity contribution in [1.82, 2.24) is 5.43 Å². The molecule has 0 unspecified atom stereocenters. The lowest BCUT2D eigenvalue weighted by Crippen LogP contribution is -2.23. The molecule has 0 saturated carbocycles. The molecule has 4 nitrogen and oxygen atoms in total. The first kappa shape index (κ1) is 6.07. The van der Waals surface area contributed by atoms with Crippen LogP contribution in [0, 0.1) is 5.41 Å². The van der Waals surface area contributed by atoms with Gasteiger partial charge in [-0.3, -0.25) is 0 Å². The van der Waals surface area contributed by atoms with Gasteiger partial charge in [0.2, 0.25) is 0 Å². The predicted octanol–water partition coefficient (Wildman–Crippen LogP) is -0.513. The van der Waals surface area contributed by atoms with E-state index in [0.717, 1.165) is 0 Å². The summed E-state index contributed by atoms with van der Waals surface area (Å²) >= 11 is 4.31. The van der Waals surface area contributed by atoms with Crippen molar-refractivity contribution < 1.29 is 0 Å². The number of thiocarbonyl (C=S) groups is 1. The molecule has 38 valence electrons. The summed E-state index contributed by atoms with van der Waals surface area (Å²) in [6.45, 7) is 0. The normalized spacial score (nSPS) is 6.29. The molecule has 0 amide bonds. The number of hydrogen-bond donors (Lipinski definition) is 3. The van der Waals surface area contributed by atoms with Crippen molar-refractivity contribution in [3.63, 3.8) is 0 Å². The smallest absolute Gasteiger partial charge is 0.184 e. The Balaban J connectivity index is 3.32. The summed E-state index contributed by atoms with van der Waals surface area (Å²) in [5.41, 5.74) is 7.01. The molecule has 7 heavy (non-hydrogen) atoms. The van der Waals surface area contributed by atoms with E-state index in [2.05, 4.69) is 22.7 Å². The number of nitrogens with one attached hydrogen (secondary N) is 2. The van der Waals surface area contributed by atoms with E-state index in [1.807, 2.05) is 0 Å². The number of nitrogens with zero attached hydrogens (tertiary/aromatic N) is 1. The van der Waals surface area contributed by atoms with Gasteiger partial charge in [-0.2, -0.15) is 0 Å². The van der Waals surface area contributed by atoms with E-state index >= 15 is 0 Å². The van der Waals surface area contributed by atoms with E-state index in [1.54, 1.807) is 6.01 Å². The fraction of sp³-hybridized carbons (Fsp3) is 0. The second-order valence-electron chi connectivity index (χ2n) is 0.700. The van der Waals surface area contributed by atoms with Crippen molar-refractivity contribution in [3.8, 4) is 0 Å². The molecular formula is C2H4N4S. The number of nitrogens with two attached hydrogens (primary N) is 1. The summed E-state index contributed by atoms with van der Waals surface area (Å²) in [6.07, 6.45) is 0. The maximum absolute atomic E-state index is 6.20. The van der Waals surface area contributed by atoms with Crippen molar-refractivity contribution in [2.75, 3.05) is 0 Å². The van der Waals surface area contributed by atoms with Crippen LogP contribution in [0.4, 0.5) is 0 Å². The van der Waals surface area contributed by atoms with Crippen molar-refractivity contribution in [2.24, 2.45) is 10.8 Å². The van der Waals surface area contributed by atoms with Crippen LogP contribution >= 0.6 is 12.2 Å². The zero-order valence-corrected chi connectivity index (χ0v) is 4.25. The average Bonchev–Trinajstić information content (AvgIpc) is 1.61. The lowest BCUT2D eigenvalue weighted by Gasteiger charge is -1.85. The minimum absolute atomic E-state index is 0.0414. The molecule has 0 aliphatic heterocycles. The van der Waals surface area contributed by atoms with E-state index in [4.69, 9.17) is 11.1 Å². The Hall–Kier alpha value is -0.930. The highest BCUT2D eigenvalue weighted by atomic mass is 32.1. The molecule has 0 bridgehead atoms. The van der Waals surface area contributed by atoms with Crippen LogP contribution in [0.2, 0.25) is 0 Å². The molecule has 0 fully saturated rings. The Labute approximate surface area is 45.9 Å².